The summed E-state index contributed by atoms with van der Waals surface area (Å²) < 4.78 is 80.9. The minimum atomic E-state index is -3.30. The molecule has 1 aliphatic heterocycles. The molecule has 1 heterocycles. The summed E-state index contributed by atoms with van der Waals surface area (Å²) in [6.07, 6.45) is 0. The van der Waals surface area contributed by atoms with E-state index in [1.165, 1.54) is 0 Å². The lowest BCUT2D eigenvalue weighted by molar-refractivity contribution is -0.125. The van der Waals surface area contributed by atoms with Crippen LogP contribution in [0.5, 0.6) is 0 Å². The van der Waals surface area contributed by atoms with Gasteiger partial charge in [0.15, 0.2) is 0 Å². The third kappa shape index (κ3) is 1.96. The molecule has 1 amide bonds. The molecule has 0 saturated carbocycles. The Morgan fingerprint density at radius 1 is 1.50 bits per heavy atom. The van der Waals surface area contributed by atoms with Crippen molar-refractivity contribution >= 4 is 27.5 Å². The van der Waals surface area contributed by atoms with Gasteiger partial charge in [0.1, 0.15) is 6.56 Å². The molecule has 0 aromatic heterocycles. The summed E-state index contributed by atoms with van der Waals surface area (Å²) in [5, 5.41) is 0. The van der Waals surface area contributed by atoms with E-state index in [1.54, 1.807) is 0 Å². The van der Waals surface area contributed by atoms with Crippen molar-refractivity contribution in [3.8, 4) is 0 Å². The number of anilines is 1. The number of ether oxygens (including phenoxy) is 1. The molecular weight excluding hydrogens is 246 g/mol. The first-order valence-corrected chi connectivity index (χ1v) is 4.27. The Hall–Kier alpha value is -0.870. The van der Waals surface area contributed by atoms with Crippen LogP contribution in [0, 0.1) is 0 Å². The maximum absolute atomic E-state index is 12.3. The molecule has 1 aromatic carbocycles. The number of nitrogens with zero attached hydrogens (tertiary/aromatic N) is 1. The number of halogens is 1. The molecule has 14 heavy (non-hydrogen) atoms. The maximum atomic E-state index is 12.3. The van der Waals surface area contributed by atoms with Crippen LogP contribution < -0.4 is 4.90 Å². The van der Waals surface area contributed by atoms with Gasteiger partial charge in [-0.1, -0.05) is 15.9 Å². The zero-order chi connectivity index (χ0) is 18.8. The Kier molecular flexibility index (Phi) is 0.973. The molecule has 4 heteroatoms. The zero-order valence-electron chi connectivity index (χ0n) is 16.6. The third-order valence-corrected chi connectivity index (χ3v) is 1.75. The third-order valence-electron chi connectivity index (χ3n) is 1.35. The predicted molar refractivity (Wildman–Crippen MR) is 57.3 cm³/mol. The summed E-state index contributed by atoms with van der Waals surface area (Å²) in [4.78, 5) is 12.2. The van der Waals surface area contributed by atoms with Crippen molar-refractivity contribution in [3.63, 3.8) is 0 Å². The van der Waals surface area contributed by atoms with Gasteiger partial charge in [0.25, 0.3) is 5.91 Å². The van der Waals surface area contributed by atoms with Crippen LogP contribution in [-0.2, 0) is 9.53 Å². The SMILES string of the molecule is [2H]c1c([2H])c(N2C(=O)C([2H])([2H])OC([2H])([2H])C2([2H])[2H])c([2H])c([2H])c1Br. The minimum Gasteiger partial charge on any atom is -0.370 e. The molecule has 1 aliphatic rings. The molecule has 3 nitrogen and oxygen atoms in total. The van der Waals surface area contributed by atoms with Gasteiger partial charge in [-0.3, -0.25) is 4.79 Å². The Labute approximate surface area is 105 Å². The van der Waals surface area contributed by atoms with E-state index in [-0.39, 0.29) is 9.37 Å². The van der Waals surface area contributed by atoms with Gasteiger partial charge < -0.3 is 9.64 Å². The minimum absolute atomic E-state index is 0.0519. The highest BCUT2D eigenvalue weighted by Crippen LogP contribution is 2.19. The van der Waals surface area contributed by atoms with Gasteiger partial charge in [0.2, 0.25) is 0 Å². The largest absolute Gasteiger partial charge is 0.370 e. The fourth-order valence-electron chi connectivity index (χ4n) is 0.794. The summed E-state index contributed by atoms with van der Waals surface area (Å²) >= 11 is 2.84. The van der Waals surface area contributed by atoms with Crippen molar-refractivity contribution in [2.45, 2.75) is 0 Å². The summed E-state index contributed by atoms with van der Waals surface area (Å²) in [5.41, 5.74) is -0.876. The van der Waals surface area contributed by atoms with Gasteiger partial charge in [-0.2, -0.15) is 0 Å². The van der Waals surface area contributed by atoms with Gasteiger partial charge in [-0.25, -0.2) is 0 Å². The van der Waals surface area contributed by atoms with Crippen LogP contribution >= 0.6 is 15.9 Å². The average molecular weight is 266 g/mol. The van der Waals surface area contributed by atoms with Crippen LogP contribution in [0.1, 0.15) is 13.7 Å². The molecule has 0 spiro atoms. The molecule has 2 rings (SSSR count). The Bertz CT molecular complexity index is 708. The number of morpholine rings is 1. The van der Waals surface area contributed by atoms with Crippen molar-refractivity contribution < 1.29 is 23.2 Å². The molecule has 0 bridgehead atoms. The second-order valence-corrected chi connectivity index (χ2v) is 3.01. The van der Waals surface area contributed by atoms with Gasteiger partial charge in [0.05, 0.1) is 20.3 Å². The quantitative estimate of drug-likeness (QED) is 0.776. The summed E-state index contributed by atoms with van der Waals surface area (Å²) in [7, 11) is 0. The molecule has 0 unspecified atom stereocenters. The lowest BCUT2D eigenvalue weighted by Gasteiger charge is -2.26. The summed E-state index contributed by atoms with van der Waals surface area (Å²) in [6, 6.07) is -2.90. The molecule has 0 atom stereocenters. The van der Waals surface area contributed by atoms with Crippen molar-refractivity contribution in [2.75, 3.05) is 24.5 Å². The number of carbonyl (C=O) groups excluding carboxylic acids is 1. The van der Waals surface area contributed by atoms with Gasteiger partial charge >= 0.3 is 0 Å². The lowest BCUT2D eigenvalue weighted by atomic mass is 10.2. The molecule has 74 valence electrons. The van der Waals surface area contributed by atoms with Crippen LogP contribution in [0.2, 0.25) is 0 Å². The topological polar surface area (TPSA) is 29.5 Å². The van der Waals surface area contributed by atoms with E-state index < -0.39 is 55.4 Å². The predicted octanol–water partition coefficient (Wildman–Crippen LogP) is 1.81. The highest BCUT2D eigenvalue weighted by atomic mass is 79.9. The van der Waals surface area contributed by atoms with Gasteiger partial charge in [-0.15, -0.1) is 0 Å². The second kappa shape index (κ2) is 4.11. The summed E-state index contributed by atoms with van der Waals surface area (Å²) in [6.45, 7) is -9.85. The average Bonchev–Trinajstić information content (AvgIpc) is 2.44. The van der Waals surface area contributed by atoms with Crippen LogP contribution in [0.3, 0.4) is 0 Å². The van der Waals surface area contributed by atoms with Crippen LogP contribution in [-0.4, -0.2) is 25.5 Å². The zero-order valence-corrected chi connectivity index (χ0v) is 8.23. The normalized spacial score (nSPS) is 38.4. The van der Waals surface area contributed by atoms with E-state index in [2.05, 4.69) is 20.7 Å². The van der Waals surface area contributed by atoms with Gasteiger partial charge in [0, 0.05) is 16.7 Å². The first-order valence-electron chi connectivity index (χ1n) is 8.47. The van der Waals surface area contributed by atoms with E-state index in [0.29, 0.717) is 0 Å². The second-order valence-electron chi connectivity index (χ2n) is 2.22. The molecule has 1 saturated heterocycles. The molecule has 0 radical (unpaired) electrons. The van der Waals surface area contributed by atoms with E-state index in [9.17, 15) is 4.79 Å². The first kappa shape index (κ1) is 3.32. The van der Waals surface area contributed by atoms with Crippen molar-refractivity contribution in [3.05, 3.63) is 28.6 Å². The number of hydrogen-bond acceptors (Lipinski definition) is 2. The van der Waals surface area contributed by atoms with E-state index in [0.717, 1.165) is 0 Å². The van der Waals surface area contributed by atoms with Crippen molar-refractivity contribution in [1.82, 2.24) is 0 Å². The monoisotopic (exact) mass is 265 g/mol. The van der Waals surface area contributed by atoms with Gasteiger partial charge in [-0.05, 0) is 24.2 Å². The van der Waals surface area contributed by atoms with E-state index in [1.807, 2.05) is 0 Å². The standard InChI is InChI=1S/C10H10BrNO2/c11-8-1-3-9(4-2-8)12-5-6-14-7-10(12)13/h1-4H,5-7H2/i1D,2D,3D,4D,5D2,6D2,7D2. The van der Waals surface area contributed by atoms with Crippen molar-refractivity contribution in [1.29, 1.82) is 0 Å². The number of carbonyl (C=O) groups is 1. The number of hydrogen-bond donors (Lipinski definition) is 0. The molecule has 1 fully saturated rings. The summed E-state index contributed by atoms with van der Waals surface area (Å²) in [5.74, 6) is -1.68. The molecule has 1 aromatic rings. The lowest BCUT2D eigenvalue weighted by Crippen LogP contribution is -2.41. The Balaban J connectivity index is 2.85. The van der Waals surface area contributed by atoms with E-state index in [4.69, 9.17) is 13.7 Å². The first-order chi connectivity index (χ1) is 10.7. The molecule has 0 aliphatic carbocycles. The van der Waals surface area contributed by atoms with Crippen LogP contribution in [0.25, 0.3) is 0 Å². The highest BCUT2D eigenvalue weighted by molar-refractivity contribution is 9.10. The molecular formula is C10H10BrNO2. The van der Waals surface area contributed by atoms with Crippen LogP contribution in [0.4, 0.5) is 5.69 Å². The highest BCUT2D eigenvalue weighted by Gasteiger charge is 2.19. The number of rotatable bonds is 1. The Morgan fingerprint density at radius 2 is 2.21 bits per heavy atom. The number of benzene rings is 1. The van der Waals surface area contributed by atoms with Crippen LogP contribution in [0.15, 0.2) is 28.6 Å². The fourth-order valence-corrected chi connectivity index (χ4v) is 0.992. The number of amides is 1. The Morgan fingerprint density at radius 3 is 2.93 bits per heavy atom. The molecule has 0 N–H and O–H groups in total. The fraction of sp³-hybridized carbons (Fsp3) is 0.300. The smallest absolute Gasteiger partial charge is 0.253 e. The van der Waals surface area contributed by atoms with E-state index >= 15 is 0 Å². The van der Waals surface area contributed by atoms with Crippen molar-refractivity contribution in [2.24, 2.45) is 0 Å². The maximum Gasteiger partial charge on any atom is 0.253 e.